The summed E-state index contributed by atoms with van der Waals surface area (Å²) in [5.41, 5.74) is -3.96. The molecule has 0 unspecified atom stereocenters. The predicted molar refractivity (Wildman–Crippen MR) is 69.5 cm³/mol. The first-order valence-electron chi connectivity index (χ1n) is 6.18. The molecule has 1 heterocycles. The molecule has 1 aliphatic rings. The van der Waals surface area contributed by atoms with Gasteiger partial charge in [0, 0.05) is 23.5 Å². The van der Waals surface area contributed by atoms with Crippen molar-refractivity contribution >= 4 is 17.7 Å². The van der Waals surface area contributed by atoms with Gasteiger partial charge in [0.25, 0.3) is 5.91 Å². The van der Waals surface area contributed by atoms with Crippen molar-refractivity contribution in [2.75, 3.05) is 13.1 Å². The molecule has 1 saturated heterocycles. The highest BCUT2D eigenvalue weighted by atomic mass is 32.2. The molecule has 1 aromatic rings. The maximum atomic E-state index is 12.2. The summed E-state index contributed by atoms with van der Waals surface area (Å²) in [6.07, 6.45) is 0.700. The zero-order valence-electron chi connectivity index (χ0n) is 10.6. The Hall–Kier alpha value is -1.21. The third kappa shape index (κ3) is 4.14. The molecule has 3 nitrogen and oxygen atoms in total. The summed E-state index contributed by atoms with van der Waals surface area (Å²) in [6, 6.07) is 5.40. The van der Waals surface area contributed by atoms with Crippen LogP contribution in [-0.2, 0) is 0 Å². The largest absolute Gasteiger partial charge is 0.446 e. The Balaban J connectivity index is 2.00. The van der Waals surface area contributed by atoms with Crippen LogP contribution in [0.3, 0.4) is 0 Å². The maximum Gasteiger partial charge on any atom is 0.446 e. The van der Waals surface area contributed by atoms with Gasteiger partial charge in [-0.1, -0.05) is 0 Å². The van der Waals surface area contributed by atoms with Crippen molar-refractivity contribution in [1.29, 1.82) is 0 Å². The van der Waals surface area contributed by atoms with Gasteiger partial charge in [-0.2, -0.15) is 13.2 Å². The number of halogens is 3. The molecule has 2 rings (SSSR count). The number of benzene rings is 1. The minimum atomic E-state index is -4.32. The lowest BCUT2D eigenvalue weighted by molar-refractivity contribution is -0.0328. The number of nitrogens with zero attached hydrogens (tertiary/aromatic N) is 1. The molecule has 1 amide bonds. The number of piperidine rings is 1. The van der Waals surface area contributed by atoms with Crippen LogP contribution in [0.4, 0.5) is 13.2 Å². The lowest BCUT2D eigenvalue weighted by Crippen LogP contribution is -2.40. The van der Waals surface area contributed by atoms with E-state index in [1.807, 2.05) is 0 Å². The Morgan fingerprint density at radius 1 is 1.20 bits per heavy atom. The Morgan fingerprint density at radius 2 is 1.75 bits per heavy atom. The van der Waals surface area contributed by atoms with Crippen LogP contribution in [0.2, 0.25) is 0 Å². The molecule has 7 heteroatoms. The smallest absolute Gasteiger partial charge is 0.393 e. The SMILES string of the molecule is O=C(c1ccc(SC(F)(F)F)cc1)N1CCC(O)CC1. The van der Waals surface area contributed by atoms with E-state index < -0.39 is 5.51 Å². The first kappa shape index (κ1) is 15.2. The van der Waals surface area contributed by atoms with Gasteiger partial charge >= 0.3 is 5.51 Å². The van der Waals surface area contributed by atoms with Crippen LogP contribution < -0.4 is 0 Å². The zero-order valence-corrected chi connectivity index (χ0v) is 11.4. The van der Waals surface area contributed by atoms with Gasteiger partial charge in [-0.25, -0.2) is 0 Å². The molecule has 0 aliphatic carbocycles. The summed E-state index contributed by atoms with van der Waals surface area (Å²) in [7, 11) is 0. The van der Waals surface area contributed by atoms with Crippen molar-refractivity contribution in [3.63, 3.8) is 0 Å². The average Bonchev–Trinajstić information content (AvgIpc) is 2.38. The predicted octanol–water partition coefficient (Wildman–Crippen LogP) is 2.90. The lowest BCUT2D eigenvalue weighted by Gasteiger charge is -2.29. The second-order valence-electron chi connectivity index (χ2n) is 4.60. The van der Waals surface area contributed by atoms with Gasteiger partial charge in [-0.05, 0) is 48.9 Å². The summed E-state index contributed by atoms with van der Waals surface area (Å²) in [5, 5.41) is 9.38. The number of alkyl halides is 3. The lowest BCUT2D eigenvalue weighted by atomic mass is 10.1. The van der Waals surface area contributed by atoms with Gasteiger partial charge in [0.1, 0.15) is 0 Å². The highest BCUT2D eigenvalue weighted by Crippen LogP contribution is 2.36. The second kappa shape index (κ2) is 6.05. The van der Waals surface area contributed by atoms with Crippen LogP contribution in [0.25, 0.3) is 0 Å². The molecular weight excluding hydrogens is 291 g/mol. The van der Waals surface area contributed by atoms with Crippen molar-refractivity contribution < 1.29 is 23.1 Å². The molecule has 0 bridgehead atoms. The van der Waals surface area contributed by atoms with Crippen molar-refractivity contribution in [3.8, 4) is 0 Å². The molecule has 20 heavy (non-hydrogen) atoms. The normalized spacial score (nSPS) is 17.3. The molecule has 0 radical (unpaired) electrons. The average molecular weight is 305 g/mol. The van der Waals surface area contributed by atoms with Gasteiger partial charge in [-0.3, -0.25) is 4.79 Å². The minimum absolute atomic E-state index is 0.0584. The third-order valence-corrected chi connectivity index (χ3v) is 3.83. The summed E-state index contributed by atoms with van der Waals surface area (Å²) >= 11 is -0.201. The number of aliphatic hydroxyl groups excluding tert-OH is 1. The van der Waals surface area contributed by atoms with Crippen LogP contribution in [0, 0.1) is 0 Å². The molecule has 1 fully saturated rings. The Kier molecular flexibility index (Phi) is 4.59. The second-order valence-corrected chi connectivity index (χ2v) is 5.73. The third-order valence-electron chi connectivity index (χ3n) is 3.09. The molecule has 1 N–H and O–H groups in total. The summed E-state index contributed by atoms with van der Waals surface area (Å²) in [4.78, 5) is 13.8. The molecule has 0 spiro atoms. The number of aliphatic hydroxyl groups is 1. The minimum Gasteiger partial charge on any atom is -0.393 e. The molecule has 0 aromatic heterocycles. The number of hydrogen-bond acceptors (Lipinski definition) is 3. The molecule has 0 saturated carbocycles. The number of thioether (sulfide) groups is 1. The Labute approximate surface area is 118 Å². The van der Waals surface area contributed by atoms with E-state index in [0.717, 1.165) is 0 Å². The topological polar surface area (TPSA) is 40.5 Å². The van der Waals surface area contributed by atoms with Gasteiger partial charge in [0.15, 0.2) is 0 Å². The maximum absolute atomic E-state index is 12.2. The van der Waals surface area contributed by atoms with Crippen molar-refractivity contribution in [1.82, 2.24) is 4.90 Å². The molecule has 1 aliphatic heterocycles. The van der Waals surface area contributed by atoms with Crippen LogP contribution in [-0.4, -0.2) is 40.6 Å². The van der Waals surface area contributed by atoms with E-state index in [-0.39, 0.29) is 28.7 Å². The number of likely N-dealkylation sites (tertiary alicyclic amines) is 1. The van der Waals surface area contributed by atoms with Crippen LogP contribution in [0.15, 0.2) is 29.2 Å². The number of amides is 1. The zero-order chi connectivity index (χ0) is 14.8. The molecule has 110 valence electrons. The Morgan fingerprint density at radius 3 is 2.25 bits per heavy atom. The number of hydrogen-bond donors (Lipinski definition) is 1. The van der Waals surface area contributed by atoms with E-state index >= 15 is 0 Å². The fourth-order valence-corrected chi connectivity index (χ4v) is 2.59. The molecule has 0 atom stereocenters. The first-order chi connectivity index (χ1) is 9.35. The van der Waals surface area contributed by atoms with Crippen LogP contribution in [0.5, 0.6) is 0 Å². The standard InChI is InChI=1S/C13H14F3NO2S/c14-13(15,16)20-11-3-1-9(2-4-11)12(19)17-7-5-10(18)6-8-17/h1-4,10,18H,5-8H2. The van der Waals surface area contributed by atoms with E-state index in [0.29, 0.717) is 31.5 Å². The number of carbonyl (C=O) groups is 1. The van der Waals surface area contributed by atoms with Crippen molar-refractivity contribution in [3.05, 3.63) is 29.8 Å². The van der Waals surface area contributed by atoms with Gasteiger partial charge in [0.05, 0.1) is 6.10 Å². The highest BCUT2D eigenvalue weighted by Gasteiger charge is 2.29. The summed E-state index contributed by atoms with van der Waals surface area (Å²) in [6.45, 7) is 0.943. The molecular formula is C13H14F3NO2S. The van der Waals surface area contributed by atoms with E-state index in [2.05, 4.69) is 0 Å². The number of rotatable bonds is 2. The van der Waals surface area contributed by atoms with E-state index in [9.17, 15) is 23.1 Å². The van der Waals surface area contributed by atoms with Crippen molar-refractivity contribution in [2.45, 2.75) is 29.3 Å². The van der Waals surface area contributed by atoms with Crippen molar-refractivity contribution in [2.24, 2.45) is 0 Å². The quantitative estimate of drug-likeness (QED) is 0.854. The highest BCUT2D eigenvalue weighted by molar-refractivity contribution is 8.00. The van der Waals surface area contributed by atoms with Gasteiger partial charge in [-0.15, -0.1) is 0 Å². The molecule has 1 aromatic carbocycles. The first-order valence-corrected chi connectivity index (χ1v) is 7.00. The van der Waals surface area contributed by atoms with Crippen LogP contribution >= 0.6 is 11.8 Å². The number of carbonyl (C=O) groups excluding carboxylic acids is 1. The van der Waals surface area contributed by atoms with E-state index in [4.69, 9.17) is 0 Å². The van der Waals surface area contributed by atoms with E-state index in [1.54, 1.807) is 4.90 Å². The van der Waals surface area contributed by atoms with Gasteiger partial charge < -0.3 is 10.0 Å². The summed E-state index contributed by atoms with van der Waals surface area (Å²) in [5.74, 6) is -0.208. The summed E-state index contributed by atoms with van der Waals surface area (Å²) < 4.78 is 36.6. The monoisotopic (exact) mass is 305 g/mol. The Bertz CT molecular complexity index is 467. The fraction of sp³-hybridized carbons (Fsp3) is 0.462. The van der Waals surface area contributed by atoms with Gasteiger partial charge in [0.2, 0.25) is 0 Å². The van der Waals surface area contributed by atoms with E-state index in [1.165, 1.54) is 24.3 Å². The fourth-order valence-electron chi connectivity index (χ4n) is 2.05. The van der Waals surface area contributed by atoms with Crippen LogP contribution in [0.1, 0.15) is 23.2 Å².